The number of aromatic nitrogens is 2. The Kier molecular flexibility index (Phi) is 3.47. The number of halogens is 3. The maximum atomic E-state index is 12.0. The van der Waals surface area contributed by atoms with Crippen molar-refractivity contribution in [3.05, 3.63) is 46.0 Å². The summed E-state index contributed by atoms with van der Waals surface area (Å²) >= 11 is 0. The number of rotatable bonds is 2. The van der Waals surface area contributed by atoms with Gasteiger partial charge in [-0.1, -0.05) is 6.07 Å². The van der Waals surface area contributed by atoms with Crippen molar-refractivity contribution in [2.45, 2.75) is 13.1 Å². The average molecular weight is 285 g/mol. The van der Waals surface area contributed by atoms with E-state index >= 15 is 0 Å². The fourth-order valence-electron chi connectivity index (χ4n) is 1.61. The summed E-state index contributed by atoms with van der Waals surface area (Å²) < 4.78 is 37.2. The molecule has 0 saturated carbocycles. The summed E-state index contributed by atoms with van der Waals surface area (Å²) in [5, 5.41) is 1.64. The van der Waals surface area contributed by atoms with Crippen molar-refractivity contribution < 1.29 is 18.0 Å². The molecule has 2 aromatic heterocycles. The molecular weight excluding hydrogens is 275 g/mol. The van der Waals surface area contributed by atoms with Gasteiger partial charge in [0.25, 0.3) is 11.5 Å². The Morgan fingerprint density at radius 2 is 2.10 bits per heavy atom. The number of nitrogens with one attached hydrogen (secondary N) is 1. The topological polar surface area (TPSA) is 63.5 Å². The molecule has 0 bridgehead atoms. The first kappa shape index (κ1) is 14.0. The lowest BCUT2D eigenvalue weighted by Crippen LogP contribution is -2.37. The molecule has 2 heterocycles. The van der Waals surface area contributed by atoms with Crippen LogP contribution in [0.5, 0.6) is 0 Å². The van der Waals surface area contributed by atoms with Crippen molar-refractivity contribution >= 4 is 11.6 Å². The van der Waals surface area contributed by atoms with E-state index in [1.807, 2.05) is 0 Å². The summed E-state index contributed by atoms with van der Waals surface area (Å²) in [4.78, 5) is 27.5. The van der Waals surface area contributed by atoms with Crippen molar-refractivity contribution in [1.82, 2.24) is 14.7 Å². The normalized spacial score (nSPS) is 11.6. The minimum absolute atomic E-state index is 0.313. The number of hydrogen-bond acceptors (Lipinski definition) is 3. The molecule has 2 aromatic rings. The number of amides is 1. The van der Waals surface area contributed by atoms with E-state index in [0.717, 1.165) is 16.2 Å². The van der Waals surface area contributed by atoms with E-state index in [9.17, 15) is 22.8 Å². The number of carbonyl (C=O) groups is 1. The van der Waals surface area contributed by atoms with Gasteiger partial charge in [-0.15, -0.1) is 0 Å². The largest absolute Gasteiger partial charge is 0.405 e. The molecule has 1 N–H and O–H groups in total. The molecule has 2 rings (SSSR count). The van der Waals surface area contributed by atoms with Crippen LogP contribution >= 0.6 is 0 Å². The van der Waals surface area contributed by atoms with Crippen molar-refractivity contribution in [2.24, 2.45) is 0 Å². The van der Waals surface area contributed by atoms with Gasteiger partial charge in [0.05, 0.1) is 0 Å². The minimum Gasteiger partial charge on any atom is -0.343 e. The third-order valence-electron chi connectivity index (χ3n) is 2.54. The van der Waals surface area contributed by atoms with Crippen LogP contribution in [0.1, 0.15) is 15.9 Å². The van der Waals surface area contributed by atoms with E-state index in [1.165, 1.54) is 6.20 Å². The highest BCUT2D eigenvalue weighted by Crippen LogP contribution is 2.12. The summed E-state index contributed by atoms with van der Waals surface area (Å²) in [6, 6.07) is 3.30. The van der Waals surface area contributed by atoms with Gasteiger partial charge in [-0.2, -0.15) is 13.2 Å². The molecule has 1 amide bonds. The summed E-state index contributed by atoms with van der Waals surface area (Å²) in [7, 11) is 0. The zero-order valence-corrected chi connectivity index (χ0v) is 10.4. The van der Waals surface area contributed by atoms with Crippen LogP contribution in [0.25, 0.3) is 5.65 Å². The van der Waals surface area contributed by atoms with Gasteiger partial charge < -0.3 is 5.32 Å². The van der Waals surface area contributed by atoms with Gasteiger partial charge in [-0.25, -0.2) is 4.98 Å². The Bertz CT molecular complexity index is 722. The number of aryl methyl sites for hydroxylation is 1. The molecule has 0 aliphatic rings. The number of alkyl halides is 3. The molecule has 20 heavy (non-hydrogen) atoms. The Labute approximate surface area is 111 Å². The quantitative estimate of drug-likeness (QED) is 0.904. The molecule has 0 unspecified atom stereocenters. The van der Waals surface area contributed by atoms with E-state index in [4.69, 9.17) is 0 Å². The lowest BCUT2D eigenvalue weighted by molar-refractivity contribution is -0.123. The fourth-order valence-corrected chi connectivity index (χ4v) is 1.61. The summed E-state index contributed by atoms with van der Waals surface area (Å²) in [6.07, 6.45) is -2.10. The van der Waals surface area contributed by atoms with Crippen LogP contribution < -0.4 is 10.9 Å². The van der Waals surface area contributed by atoms with E-state index < -0.39 is 29.8 Å². The molecule has 0 saturated heterocycles. The molecule has 5 nitrogen and oxygen atoms in total. The van der Waals surface area contributed by atoms with Crippen LogP contribution in [0.3, 0.4) is 0 Å². The second-order valence-corrected chi connectivity index (χ2v) is 4.21. The molecule has 0 radical (unpaired) electrons. The maximum absolute atomic E-state index is 12.0. The minimum atomic E-state index is -4.54. The van der Waals surface area contributed by atoms with Crippen molar-refractivity contribution in [3.63, 3.8) is 0 Å². The lowest BCUT2D eigenvalue weighted by Gasteiger charge is -2.08. The van der Waals surface area contributed by atoms with Crippen molar-refractivity contribution in [3.8, 4) is 0 Å². The molecule has 0 fully saturated rings. The van der Waals surface area contributed by atoms with E-state index in [1.54, 1.807) is 24.4 Å². The smallest absolute Gasteiger partial charge is 0.343 e. The van der Waals surface area contributed by atoms with Crippen molar-refractivity contribution in [2.75, 3.05) is 6.54 Å². The third-order valence-corrected chi connectivity index (χ3v) is 2.54. The van der Waals surface area contributed by atoms with E-state index in [2.05, 4.69) is 4.98 Å². The molecule has 0 aliphatic heterocycles. The number of nitrogens with zero attached hydrogens (tertiary/aromatic N) is 2. The highest BCUT2D eigenvalue weighted by atomic mass is 19.4. The molecule has 0 aromatic carbocycles. The summed E-state index contributed by atoms with van der Waals surface area (Å²) in [5.74, 6) is -1.10. The van der Waals surface area contributed by atoms with Gasteiger partial charge in [0.1, 0.15) is 17.8 Å². The van der Waals surface area contributed by atoms with Gasteiger partial charge in [0.2, 0.25) is 0 Å². The van der Waals surface area contributed by atoms with Crippen LogP contribution in [0.4, 0.5) is 13.2 Å². The first-order chi connectivity index (χ1) is 9.28. The van der Waals surface area contributed by atoms with Crippen LogP contribution in [-0.2, 0) is 0 Å². The maximum Gasteiger partial charge on any atom is 0.405 e. The average Bonchev–Trinajstić information content (AvgIpc) is 2.36. The van der Waals surface area contributed by atoms with Crippen LogP contribution in [-0.4, -0.2) is 28.0 Å². The molecule has 0 aliphatic carbocycles. The van der Waals surface area contributed by atoms with Crippen LogP contribution in [0.2, 0.25) is 0 Å². The zero-order valence-electron chi connectivity index (χ0n) is 10.4. The second-order valence-electron chi connectivity index (χ2n) is 4.21. The van der Waals surface area contributed by atoms with Gasteiger partial charge >= 0.3 is 6.18 Å². The van der Waals surface area contributed by atoms with Crippen LogP contribution in [0.15, 0.2) is 29.3 Å². The van der Waals surface area contributed by atoms with E-state index in [-0.39, 0.29) is 0 Å². The lowest BCUT2D eigenvalue weighted by atomic mass is 10.2. The number of pyridine rings is 1. The predicted octanol–water partition coefficient (Wildman–Crippen LogP) is 1.30. The van der Waals surface area contributed by atoms with E-state index in [0.29, 0.717) is 5.65 Å². The summed E-state index contributed by atoms with van der Waals surface area (Å²) in [5.41, 5.74) is -0.0713. The predicted molar refractivity (Wildman–Crippen MR) is 64.6 cm³/mol. The Hall–Kier alpha value is -2.38. The molecule has 106 valence electrons. The Morgan fingerprint density at radius 1 is 1.40 bits per heavy atom. The van der Waals surface area contributed by atoms with Gasteiger partial charge in [-0.05, 0) is 18.6 Å². The molecule has 8 heteroatoms. The van der Waals surface area contributed by atoms with Crippen molar-refractivity contribution in [1.29, 1.82) is 0 Å². The summed E-state index contributed by atoms with van der Waals surface area (Å²) in [6.45, 7) is 0.240. The monoisotopic (exact) mass is 285 g/mol. The number of hydrogen-bond donors (Lipinski definition) is 1. The molecule has 0 spiro atoms. The third kappa shape index (κ3) is 2.95. The fraction of sp³-hybridized carbons (Fsp3) is 0.250. The van der Waals surface area contributed by atoms with Gasteiger partial charge in [-0.3, -0.25) is 14.0 Å². The Morgan fingerprint density at radius 3 is 2.75 bits per heavy atom. The van der Waals surface area contributed by atoms with Crippen LogP contribution in [0, 0.1) is 6.92 Å². The highest BCUT2D eigenvalue weighted by molar-refractivity contribution is 5.93. The SMILES string of the molecule is Cc1ccc2ncc(C(=O)NCC(F)(F)F)c(=O)n2c1. The zero-order chi connectivity index (χ0) is 14.9. The standard InChI is InChI=1S/C12H10F3N3O2/c1-7-2-3-9-16-4-8(11(20)18(9)5-7)10(19)17-6-12(13,14)15/h2-5H,6H2,1H3,(H,17,19). The first-order valence-corrected chi connectivity index (χ1v) is 5.61. The van der Waals surface area contributed by atoms with Gasteiger partial charge in [0, 0.05) is 12.4 Å². The van der Waals surface area contributed by atoms with Gasteiger partial charge in [0.15, 0.2) is 0 Å². The number of fused-ring (bicyclic) bond motifs is 1. The highest BCUT2D eigenvalue weighted by Gasteiger charge is 2.28. The molecular formula is C12H10F3N3O2. The second kappa shape index (κ2) is 4.95. The molecule has 0 atom stereocenters. The Balaban J connectivity index is 2.38. The number of carbonyl (C=O) groups excluding carboxylic acids is 1. The first-order valence-electron chi connectivity index (χ1n) is 5.61.